The smallest absolute Gasteiger partial charge is 0.252 e. The van der Waals surface area contributed by atoms with E-state index in [0.29, 0.717) is 19.4 Å². The molecule has 1 aromatic carbocycles. The minimum absolute atomic E-state index is 0.353. The van der Waals surface area contributed by atoms with Crippen molar-refractivity contribution >= 4 is 17.2 Å². The number of hydrogen-bond acceptors (Lipinski definition) is 4. The molecule has 0 aliphatic carbocycles. The Morgan fingerprint density at radius 2 is 2.00 bits per heavy atom. The molecule has 0 aliphatic rings. The average molecular weight is 318 g/mol. The number of aliphatic hydroxyl groups is 1. The zero-order valence-corrected chi connectivity index (χ0v) is 14.0. The molecule has 2 aromatic rings. The molecule has 118 valence electrons. The molecule has 22 heavy (non-hydrogen) atoms. The van der Waals surface area contributed by atoms with Gasteiger partial charge in [0.1, 0.15) is 10.6 Å². The van der Waals surface area contributed by atoms with Crippen molar-refractivity contribution in [2.75, 3.05) is 0 Å². The fraction of sp³-hybridized carbons (Fsp3) is 0.412. The largest absolute Gasteiger partial charge is 0.380 e. The Morgan fingerprint density at radius 3 is 2.59 bits per heavy atom. The summed E-state index contributed by atoms with van der Waals surface area (Å²) in [5.74, 6) is -0.353. The Labute approximate surface area is 135 Å². The highest BCUT2D eigenvalue weighted by Crippen LogP contribution is 2.18. The summed E-state index contributed by atoms with van der Waals surface area (Å²) >= 11 is 1.57. The molecule has 0 aliphatic heterocycles. The molecule has 0 bridgehead atoms. The van der Waals surface area contributed by atoms with Gasteiger partial charge >= 0.3 is 0 Å². The van der Waals surface area contributed by atoms with Crippen molar-refractivity contribution in [2.24, 2.45) is 0 Å². The van der Waals surface area contributed by atoms with Crippen LogP contribution >= 0.6 is 11.3 Å². The van der Waals surface area contributed by atoms with E-state index in [-0.39, 0.29) is 5.91 Å². The van der Waals surface area contributed by atoms with Gasteiger partial charge in [0.05, 0.1) is 12.2 Å². The number of amides is 1. The van der Waals surface area contributed by atoms with E-state index in [1.54, 1.807) is 18.3 Å². The van der Waals surface area contributed by atoms with Gasteiger partial charge in [0.15, 0.2) is 0 Å². The highest BCUT2D eigenvalue weighted by Gasteiger charge is 2.29. The minimum atomic E-state index is -1.38. The van der Waals surface area contributed by atoms with Crippen LogP contribution in [-0.2, 0) is 17.8 Å². The molecule has 0 unspecified atom stereocenters. The predicted molar refractivity (Wildman–Crippen MR) is 88.8 cm³/mol. The van der Waals surface area contributed by atoms with Crippen LogP contribution < -0.4 is 5.32 Å². The lowest BCUT2D eigenvalue weighted by Gasteiger charge is -2.22. The number of carbonyl (C=O) groups is 1. The van der Waals surface area contributed by atoms with E-state index in [0.717, 1.165) is 21.1 Å². The maximum Gasteiger partial charge on any atom is 0.252 e. The van der Waals surface area contributed by atoms with Crippen LogP contribution in [0.5, 0.6) is 0 Å². The number of hydrogen-bond donors (Lipinski definition) is 2. The molecule has 0 saturated carbocycles. The molecule has 2 rings (SSSR count). The van der Waals surface area contributed by atoms with Gasteiger partial charge in [0.25, 0.3) is 5.91 Å². The first-order valence-electron chi connectivity index (χ1n) is 7.36. The molecular weight excluding hydrogens is 296 g/mol. The summed E-state index contributed by atoms with van der Waals surface area (Å²) < 4.78 is 0. The topological polar surface area (TPSA) is 62.2 Å². The average Bonchev–Trinajstić information content (AvgIpc) is 2.82. The Balaban J connectivity index is 1.87. The number of thiazole rings is 1. The highest BCUT2D eigenvalue weighted by atomic mass is 32.1. The van der Waals surface area contributed by atoms with E-state index < -0.39 is 5.60 Å². The molecule has 2 N–H and O–H groups in total. The maximum absolute atomic E-state index is 12.2. The van der Waals surface area contributed by atoms with E-state index in [9.17, 15) is 9.90 Å². The third-order valence-corrected chi connectivity index (χ3v) is 4.78. The first kappa shape index (κ1) is 16.6. The van der Waals surface area contributed by atoms with Gasteiger partial charge in [-0.25, -0.2) is 4.98 Å². The van der Waals surface area contributed by atoms with Gasteiger partial charge in [0.2, 0.25) is 0 Å². The van der Waals surface area contributed by atoms with Gasteiger partial charge in [-0.1, -0.05) is 30.3 Å². The van der Waals surface area contributed by atoms with Crippen molar-refractivity contribution in [3.05, 3.63) is 51.5 Å². The fourth-order valence-electron chi connectivity index (χ4n) is 2.11. The molecule has 1 heterocycles. The number of aromatic nitrogens is 1. The predicted octanol–water partition coefficient (Wildman–Crippen LogP) is 2.76. The Morgan fingerprint density at radius 1 is 1.32 bits per heavy atom. The van der Waals surface area contributed by atoms with Crippen molar-refractivity contribution in [3.63, 3.8) is 0 Å². The molecule has 0 fully saturated rings. The summed E-state index contributed by atoms with van der Waals surface area (Å²) in [6.45, 7) is 5.88. The quantitative estimate of drug-likeness (QED) is 0.861. The zero-order chi connectivity index (χ0) is 16.2. The minimum Gasteiger partial charge on any atom is -0.380 e. The summed E-state index contributed by atoms with van der Waals surface area (Å²) in [5, 5.41) is 14.0. The number of aryl methyl sites for hydroxylation is 3. The number of carbonyl (C=O) groups excluding carboxylic acids is 1. The SMILES string of the molecule is Cc1nc(CNC(=O)[C@](C)(O)CCc2ccccc2)sc1C. The van der Waals surface area contributed by atoms with Crippen LogP contribution in [0.25, 0.3) is 0 Å². The summed E-state index contributed by atoms with van der Waals surface area (Å²) in [6, 6.07) is 9.85. The maximum atomic E-state index is 12.2. The van der Waals surface area contributed by atoms with Crippen molar-refractivity contribution in [1.29, 1.82) is 0 Å². The summed E-state index contributed by atoms with van der Waals surface area (Å²) in [4.78, 5) is 17.7. The first-order chi connectivity index (χ1) is 10.4. The normalized spacial score (nSPS) is 13.6. The van der Waals surface area contributed by atoms with Gasteiger partial charge in [-0.05, 0) is 39.2 Å². The molecule has 1 amide bonds. The van der Waals surface area contributed by atoms with Crippen LogP contribution in [-0.4, -0.2) is 21.6 Å². The monoisotopic (exact) mass is 318 g/mol. The number of nitrogens with one attached hydrogen (secondary N) is 1. The first-order valence-corrected chi connectivity index (χ1v) is 8.17. The van der Waals surface area contributed by atoms with Gasteiger partial charge in [-0.15, -0.1) is 11.3 Å². The van der Waals surface area contributed by atoms with Crippen LogP contribution in [0.15, 0.2) is 30.3 Å². The van der Waals surface area contributed by atoms with Gasteiger partial charge < -0.3 is 10.4 Å². The van der Waals surface area contributed by atoms with Crippen molar-refractivity contribution in [2.45, 2.75) is 45.8 Å². The van der Waals surface area contributed by atoms with E-state index >= 15 is 0 Å². The van der Waals surface area contributed by atoms with E-state index in [2.05, 4.69) is 10.3 Å². The number of rotatable bonds is 6. The van der Waals surface area contributed by atoms with E-state index in [4.69, 9.17) is 0 Å². The Hall–Kier alpha value is -1.72. The van der Waals surface area contributed by atoms with Crippen LogP contribution in [0.3, 0.4) is 0 Å². The van der Waals surface area contributed by atoms with E-state index in [1.165, 1.54) is 0 Å². The van der Waals surface area contributed by atoms with Crippen molar-refractivity contribution < 1.29 is 9.90 Å². The van der Waals surface area contributed by atoms with Crippen molar-refractivity contribution in [3.8, 4) is 0 Å². The second-order valence-electron chi connectivity index (χ2n) is 5.69. The molecular formula is C17H22N2O2S. The standard InChI is InChI=1S/C17H22N2O2S/c1-12-13(2)22-15(19-12)11-18-16(20)17(3,21)10-9-14-7-5-4-6-8-14/h4-8,21H,9-11H2,1-3H3,(H,18,20)/t17-/m1/s1. The Bertz CT molecular complexity index is 616. The number of nitrogens with zero attached hydrogens (tertiary/aromatic N) is 1. The zero-order valence-electron chi connectivity index (χ0n) is 13.2. The second kappa shape index (κ2) is 7.03. The Kier molecular flexibility index (Phi) is 5.32. The molecule has 1 aromatic heterocycles. The van der Waals surface area contributed by atoms with Crippen molar-refractivity contribution in [1.82, 2.24) is 10.3 Å². The summed E-state index contributed by atoms with van der Waals surface area (Å²) in [6.07, 6.45) is 1.05. The third-order valence-electron chi connectivity index (χ3n) is 3.71. The lowest BCUT2D eigenvalue weighted by molar-refractivity contribution is -0.138. The van der Waals surface area contributed by atoms with Crippen LogP contribution in [0.2, 0.25) is 0 Å². The third kappa shape index (κ3) is 4.39. The number of benzene rings is 1. The lowest BCUT2D eigenvalue weighted by Crippen LogP contribution is -2.44. The van der Waals surface area contributed by atoms with E-state index in [1.807, 2.05) is 44.2 Å². The van der Waals surface area contributed by atoms with Crippen LogP contribution in [0.4, 0.5) is 0 Å². The molecule has 0 spiro atoms. The molecule has 4 nitrogen and oxygen atoms in total. The van der Waals surface area contributed by atoms with Gasteiger partial charge in [0, 0.05) is 4.88 Å². The summed E-state index contributed by atoms with van der Waals surface area (Å²) in [5.41, 5.74) is 0.726. The molecule has 0 radical (unpaired) electrons. The lowest BCUT2D eigenvalue weighted by atomic mass is 9.96. The highest BCUT2D eigenvalue weighted by molar-refractivity contribution is 7.11. The fourth-order valence-corrected chi connectivity index (χ4v) is 2.98. The van der Waals surface area contributed by atoms with Gasteiger partial charge in [-0.2, -0.15) is 0 Å². The van der Waals surface area contributed by atoms with Crippen LogP contribution in [0.1, 0.15) is 34.5 Å². The molecule has 1 atom stereocenters. The molecule has 5 heteroatoms. The van der Waals surface area contributed by atoms with Crippen LogP contribution in [0, 0.1) is 13.8 Å². The second-order valence-corrected chi connectivity index (χ2v) is 6.98. The summed E-state index contributed by atoms with van der Waals surface area (Å²) in [7, 11) is 0. The van der Waals surface area contributed by atoms with Gasteiger partial charge in [-0.3, -0.25) is 4.79 Å². The molecule has 0 saturated heterocycles.